The van der Waals surface area contributed by atoms with Crippen LogP contribution in [0.25, 0.3) is 0 Å². The summed E-state index contributed by atoms with van der Waals surface area (Å²) < 4.78 is 4.83. The maximum Gasteiger partial charge on any atom is 0.306 e. The van der Waals surface area contributed by atoms with Crippen molar-refractivity contribution in [2.75, 3.05) is 7.11 Å². The van der Waals surface area contributed by atoms with Crippen molar-refractivity contribution in [3.8, 4) is 0 Å². The van der Waals surface area contributed by atoms with E-state index < -0.39 is 0 Å². The lowest BCUT2D eigenvalue weighted by Crippen LogP contribution is -2.24. The van der Waals surface area contributed by atoms with Gasteiger partial charge in [0.2, 0.25) is 0 Å². The summed E-state index contributed by atoms with van der Waals surface area (Å²) >= 11 is 1.74. The second kappa shape index (κ2) is 6.65. The Morgan fingerprint density at radius 1 is 1.29 bits per heavy atom. The molecular formula is C17H23NO2S. The fraction of sp³-hybridized carbons (Fsp3) is 0.529. The molecule has 2 rings (SSSR count). The number of nitrogens with zero attached hydrogens (tertiary/aromatic N) is 1. The SMILES string of the molecule is COC(=O)C[C@@H]1SC(C(C)(C)C)=N[C@H]1Cc1ccccc1. The Labute approximate surface area is 131 Å². The van der Waals surface area contributed by atoms with Crippen molar-refractivity contribution in [3.63, 3.8) is 0 Å². The highest BCUT2D eigenvalue weighted by Crippen LogP contribution is 2.38. The standard InChI is InChI=1S/C17H23NO2S/c1-17(2,3)16-18-13(10-12-8-6-5-7-9-12)14(21-16)11-15(19)20-4/h5-9,13-14H,10-11H2,1-4H3/t13-,14-/m0/s1. The lowest BCUT2D eigenvalue weighted by molar-refractivity contribution is -0.140. The number of thioether (sulfide) groups is 1. The van der Waals surface area contributed by atoms with Crippen LogP contribution >= 0.6 is 11.8 Å². The van der Waals surface area contributed by atoms with Crippen LogP contribution < -0.4 is 0 Å². The Morgan fingerprint density at radius 2 is 1.95 bits per heavy atom. The number of carbonyl (C=O) groups excluding carboxylic acids is 1. The third kappa shape index (κ3) is 4.34. The van der Waals surface area contributed by atoms with Crippen LogP contribution in [-0.2, 0) is 16.0 Å². The van der Waals surface area contributed by atoms with Gasteiger partial charge in [-0.05, 0) is 12.0 Å². The Bertz CT molecular complexity index is 519. The summed E-state index contributed by atoms with van der Waals surface area (Å²) in [6.07, 6.45) is 1.29. The van der Waals surface area contributed by atoms with Crippen LogP contribution in [0.5, 0.6) is 0 Å². The first-order valence-corrected chi connectivity index (χ1v) is 8.14. The van der Waals surface area contributed by atoms with E-state index in [1.807, 2.05) is 18.2 Å². The van der Waals surface area contributed by atoms with Gasteiger partial charge in [0, 0.05) is 10.7 Å². The number of carbonyl (C=O) groups is 1. The lowest BCUT2D eigenvalue weighted by atomic mass is 9.97. The summed E-state index contributed by atoms with van der Waals surface area (Å²) in [7, 11) is 1.44. The Kier molecular flexibility index (Phi) is 5.09. The normalized spacial score (nSPS) is 22.0. The van der Waals surface area contributed by atoms with Crippen molar-refractivity contribution in [2.45, 2.75) is 44.9 Å². The van der Waals surface area contributed by atoms with E-state index in [-0.39, 0.29) is 22.7 Å². The zero-order valence-corrected chi connectivity index (χ0v) is 13.9. The minimum absolute atomic E-state index is 0.0322. The maximum atomic E-state index is 11.6. The van der Waals surface area contributed by atoms with Gasteiger partial charge in [-0.2, -0.15) is 0 Å². The van der Waals surface area contributed by atoms with Crippen molar-refractivity contribution in [3.05, 3.63) is 35.9 Å². The molecule has 0 fully saturated rings. The minimum Gasteiger partial charge on any atom is -0.469 e. The van der Waals surface area contributed by atoms with Crippen LogP contribution in [0.3, 0.4) is 0 Å². The second-order valence-corrected chi connectivity index (χ2v) is 7.61. The van der Waals surface area contributed by atoms with Crippen LogP contribution in [0, 0.1) is 5.41 Å². The largest absolute Gasteiger partial charge is 0.469 e. The van der Waals surface area contributed by atoms with E-state index >= 15 is 0 Å². The highest BCUT2D eigenvalue weighted by molar-refractivity contribution is 8.14. The van der Waals surface area contributed by atoms with Gasteiger partial charge in [-0.1, -0.05) is 51.1 Å². The van der Waals surface area contributed by atoms with E-state index in [0.717, 1.165) is 11.5 Å². The van der Waals surface area contributed by atoms with Gasteiger partial charge in [0.05, 0.1) is 24.6 Å². The van der Waals surface area contributed by atoms with Crippen LogP contribution in [0.4, 0.5) is 0 Å². The number of benzene rings is 1. The summed E-state index contributed by atoms with van der Waals surface area (Å²) in [6, 6.07) is 10.5. The summed E-state index contributed by atoms with van der Waals surface area (Å²) in [4.78, 5) is 16.5. The lowest BCUT2D eigenvalue weighted by Gasteiger charge is -2.18. The third-order valence-electron chi connectivity index (χ3n) is 3.50. The number of aliphatic imine (C=N–C) groups is 1. The molecule has 3 nitrogen and oxygen atoms in total. The van der Waals surface area contributed by atoms with Crippen molar-refractivity contribution in [1.29, 1.82) is 0 Å². The van der Waals surface area contributed by atoms with Crippen LogP contribution in [0.1, 0.15) is 32.8 Å². The number of ether oxygens (including phenoxy) is 1. The van der Waals surface area contributed by atoms with E-state index in [0.29, 0.717) is 6.42 Å². The van der Waals surface area contributed by atoms with E-state index in [9.17, 15) is 4.79 Å². The van der Waals surface area contributed by atoms with Crippen LogP contribution in [0.15, 0.2) is 35.3 Å². The summed E-state index contributed by atoms with van der Waals surface area (Å²) in [5, 5.41) is 1.31. The summed E-state index contributed by atoms with van der Waals surface area (Å²) in [5.74, 6) is -0.157. The Balaban J connectivity index is 2.15. The molecule has 4 heteroatoms. The molecule has 1 aromatic carbocycles. The first-order valence-electron chi connectivity index (χ1n) is 7.26. The predicted molar refractivity (Wildman–Crippen MR) is 88.8 cm³/mol. The molecular weight excluding hydrogens is 282 g/mol. The van der Waals surface area contributed by atoms with Gasteiger partial charge in [0.1, 0.15) is 0 Å². The Morgan fingerprint density at radius 3 is 2.52 bits per heavy atom. The van der Waals surface area contributed by atoms with Crippen LogP contribution in [0.2, 0.25) is 0 Å². The number of hydrogen-bond acceptors (Lipinski definition) is 4. The highest BCUT2D eigenvalue weighted by atomic mass is 32.2. The zero-order valence-electron chi connectivity index (χ0n) is 13.1. The molecule has 21 heavy (non-hydrogen) atoms. The summed E-state index contributed by atoms with van der Waals surface area (Å²) in [5.41, 5.74) is 1.29. The fourth-order valence-electron chi connectivity index (χ4n) is 2.31. The molecule has 1 heterocycles. The van der Waals surface area contributed by atoms with Crippen molar-refractivity contribution in [1.82, 2.24) is 0 Å². The van der Waals surface area contributed by atoms with Gasteiger partial charge in [0.15, 0.2) is 0 Å². The number of rotatable bonds is 4. The third-order valence-corrected chi connectivity index (χ3v) is 5.22. The predicted octanol–water partition coefficient (Wildman–Crippen LogP) is 3.72. The Hall–Kier alpha value is -1.29. The smallest absolute Gasteiger partial charge is 0.306 e. The molecule has 0 bridgehead atoms. The molecule has 0 saturated heterocycles. The monoisotopic (exact) mass is 305 g/mol. The van der Waals surface area contributed by atoms with Crippen molar-refractivity contribution < 1.29 is 9.53 Å². The van der Waals surface area contributed by atoms with Gasteiger partial charge in [-0.15, -0.1) is 11.8 Å². The minimum atomic E-state index is -0.157. The molecule has 0 N–H and O–H groups in total. The van der Waals surface area contributed by atoms with Gasteiger partial charge < -0.3 is 4.74 Å². The van der Waals surface area contributed by atoms with E-state index in [1.165, 1.54) is 12.7 Å². The van der Waals surface area contributed by atoms with Crippen LogP contribution in [-0.4, -0.2) is 29.4 Å². The van der Waals surface area contributed by atoms with E-state index in [2.05, 4.69) is 32.9 Å². The molecule has 2 atom stereocenters. The molecule has 0 amide bonds. The summed E-state index contributed by atoms with van der Waals surface area (Å²) in [6.45, 7) is 6.50. The molecule has 0 unspecified atom stereocenters. The van der Waals surface area contributed by atoms with Gasteiger partial charge in [0.25, 0.3) is 0 Å². The molecule has 0 saturated carbocycles. The first kappa shape index (κ1) is 16.1. The van der Waals surface area contributed by atoms with E-state index in [1.54, 1.807) is 11.8 Å². The van der Waals surface area contributed by atoms with Crippen molar-refractivity contribution in [2.24, 2.45) is 10.4 Å². The number of methoxy groups -OCH3 is 1. The molecule has 114 valence electrons. The van der Waals surface area contributed by atoms with Gasteiger partial charge in [-0.3, -0.25) is 9.79 Å². The average molecular weight is 305 g/mol. The quantitative estimate of drug-likeness (QED) is 0.796. The molecule has 0 aromatic heterocycles. The highest BCUT2D eigenvalue weighted by Gasteiger charge is 2.36. The zero-order chi connectivity index (χ0) is 15.5. The fourth-order valence-corrected chi connectivity index (χ4v) is 3.68. The molecule has 1 aromatic rings. The molecule has 1 aliphatic rings. The molecule has 0 radical (unpaired) electrons. The molecule has 1 aliphatic heterocycles. The average Bonchev–Trinajstić information content (AvgIpc) is 2.83. The topological polar surface area (TPSA) is 38.7 Å². The van der Waals surface area contributed by atoms with Gasteiger partial charge in [-0.25, -0.2) is 0 Å². The van der Waals surface area contributed by atoms with E-state index in [4.69, 9.17) is 9.73 Å². The van der Waals surface area contributed by atoms with Gasteiger partial charge >= 0.3 is 5.97 Å². The molecule has 0 spiro atoms. The number of hydrogen-bond donors (Lipinski definition) is 0. The maximum absolute atomic E-state index is 11.6. The van der Waals surface area contributed by atoms with Crippen molar-refractivity contribution >= 4 is 22.8 Å². The second-order valence-electron chi connectivity index (χ2n) is 6.38. The number of esters is 1. The molecule has 0 aliphatic carbocycles. The first-order chi connectivity index (χ1) is 9.90.